The maximum atomic E-state index is 13.2. The zero-order valence-electron chi connectivity index (χ0n) is 15.7. The van der Waals surface area contributed by atoms with Gasteiger partial charge in [-0.25, -0.2) is 0 Å². The number of rotatable bonds is 6. The third-order valence-electron chi connectivity index (χ3n) is 3.90. The van der Waals surface area contributed by atoms with Crippen molar-refractivity contribution in [2.45, 2.75) is 61.7 Å². The fourth-order valence-corrected chi connectivity index (χ4v) is 5.47. The van der Waals surface area contributed by atoms with E-state index in [0.29, 0.717) is 4.90 Å². The van der Waals surface area contributed by atoms with E-state index >= 15 is 0 Å². The molecule has 0 bridgehead atoms. The van der Waals surface area contributed by atoms with Crippen LogP contribution in [-0.4, -0.2) is 20.0 Å². The van der Waals surface area contributed by atoms with Crippen molar-refractivity contribution in [3.8, 4) is 0 Å². The van der Waals surface area contributed by atoms with Crippen LogP contribution in [0, 0.1) is 6.92 Å². The van der Waals surface area contributed by atoms with E-state index in [1.54, 1.807) is 6.92 Å². The number of thiophene rings is 1. The number of carbonyl (C=O) groups excluding carboxylic acids is 1. The normalized spacial score (nSPS) is 16.5. The molecule has 0 radical (unpaired) electrons. The minimum atomic E-state index is -1.49. The van der Waals surface area contributed by atoms with Gasteiger partial charge < -0.3 is 4.74 Å². The molecule has 26 heavy (non-hydrogen) atoms. The van der Waals surface area contributed by atoms with Crippen LogP contribution < -0.4 is 0 Å². The minimum absolute atomic E-state index is 0.0788. The van der Waals surface area contributed by atoms with Gasteiger partial charge in [0, 0.05) is 15.7 Å². The van der Waals surface area contributed by atoms with Gasteiger partial charge in [-0.15, -0.1) is 22.9 Å². The molecule has 0 N–H and O–H groups in total. The highest BCUT2D eigenvalue weighted by molar-refractivity contribution is 7.88. The Morgan fingerprint density at radius 3 is 2.31 bits per heavy atom. The molecule has 6 heteroatoms. The molecule has 0 aliphatic carbocycles. The topological polar surface area (TPSA) is 43.4 Å². The lowest BCUT2D eigenvalue weighted by atomic mass is 9.99. The first-order valence-corrected chi connectivity index (χ1v) is 10.8. The number of aryl methyl sites for hydroxylation is 1. The van der Waals surface area contributed by atoms with Crippen LogP contribution >= 0.6 is 22.9 Å². The highest BCUT2D eigenvalue weighted by Crippen LogP contribution is 2.43. The summed E-state index contributed by atoms with van der Waals surface area (Å²) in [6.45, 7) is 9.20. The molecule has 1 aromatic heterocycles. The van der Waals surface area contributed by atoms with Gasteiger partial charge in [-0.3, -0.25) is 9.00 Å². The molecule has 142 valence electrons. The van der Waals surface area contributed by atoms with Crippen LogP contribution in [-0.2, 0) is 20.3 Å². The Morgan fingerprint density at radius 2 is 1.81 bits per heavy atom. The standard InChI is InChI=1S/C20H25ClO3S2/c1-14-8-10-15(11-9-14)26(23)20(5,21)16(17-7-6-12-25-17)13-18(22)24-19(2,3)4/h6-12,16H,13H2,1-5H3/t16-,20+,26?/m1/s1. The van der Waals surface area contributed by atoms with Gasteiger partial charge in [0.25, 0.3) is 0 Å². The van der Waals surface area contributed by atoms with E-state index in [4.69, 9.17) is 16.3 Å². The summed E-state index contributed by atoms with van der Waals surface area (Å²) < 4.78 is 17.5. The number of esters is 1. The lowest BCUT2D eigenvalue weighted by Gasteiger charge is -2.31. The molecular formula is C20H25ClO3S2. The zero-order chi connectivity index (χ0) is 19.5. The second kappa shape index (κ2) is 8.24. The van der Waals surface area contributed by atoms with Crippen molar-refractivity contribution in [2.75, 3.05) is 0 Å². The molecule has 0 saturated carbocycles. The van der Waals surface area contributed by atoms with Crippen molar-refractivity contribution in [2.24, 2.45) is 0 Å². The summed E-state index contributed by atoms with van der Waals surface area (Å²) >= 11 is 8.34. The summed E-state index contributed by atoms with van der Waals surface area (Å²) in [5.74, 6) is -0.759. The smallest absolute Gasteiger partial charge is 0.307 e. The van der Waals surface area contributed by atoms with Gasteiger partial charge in [0.1, 0.15) is 9.81 Å². The Balaban J connectivity index is 2.32. The summed E-state index contributed by atoms with van der Waals surface area (Å²) in [6.07, 6.45) is 0.0788. The average molecular weight is 413 g/mol. The highest BCUT2D eigenvalue weighted by Gasteiger charge is 2.42. The Kier molecular flexibility index (Phi) is 6.70. The van der Waals surface area contributed by atoms with Crippen molar-refractivity contribution >= 4 is 39.7 Å². The van der Waals surface area contributed by atoms with Gasteiger partial charge in [-0.05, 0) is 58.2 Å². The van der Waals surface area contributed by atoms with Gasteiger partial charge in [-0.2, -0.15) is 0 Å². The maximum absolute atomic E-state index is 13.2. The Morgan fingerprint density at radius 1 is 1.19 bits per heavy atom. The second-order valence-corrected chi connectivity index (χ2v) is 11.3. The molecule has 2 rings (SSSR count). The van der Waals surface area contributed by atoms with Crippen LogP contribution in [0.25, 0.3) is 0 Å². The maximum Gasteiger partial charge on any atom is 0.307 e. The van der Waals surface area contributed by atoms with Crippen molar-refractivity contribution in [1.29, 1.82) is 0 Å². The van der Waals surface area contributed by atoms with Crippen LogP contribution in [0.4, 0.5) is 0 Å². The summed E-state index contributed by atoms with van der Waals surface area (Å²) in [5, 5.41) is 1.93. The van der Waals surface area contributed by atoms with Gasteiger partial charge >= 0.3 is 5.97 Å². The van der Waals surface area contributed by atoms with Crippen molar-refractivity contribution < 1.29 is 13.7 Å². The van der Waals surface area contributed by atoms with E-state index in [2.05, 4.69) is 0 Å². The molecule has 3 atom stereocenters. The van der Waals surface area contributed by atoms with Crippen molar-refractivity contribution in [3.63, 3.8) is 0 Å². The molecule has 1 unspecified atom stereocenters. The molecule has 0 spiro atoms. The number of benzene rings is 1. The van der Waals surface area contributed by atoms with Crippen LogP contribution in [0.2, 0.25) is 0 Å². The number of alkyl halides is 1. The van der Waals surface area contributed by atoms with Gasteiger partial charge in [0.05, 0.1) is 17.2 Å². The number of hydrogen-bond acceptors (Lipinski definition) is 4. The molecule has 3 nitrogen and oxygen atoms in total. The van der Waals surface area contributed by atoms with Gasteiger partial charge in [0.15, 0.2) is 0 Å². The van der Waals surface area contributed by atoms with Gasteiger partial charge in [-0.1, -0.05) is 23.8 Å². The lowest BCUT2D eigenvalue weighted by molar-refractivity contribution is -0.155. The third-order valence-corrected chi connectivity index (χ3v) is 7.28. The number of hydrogen-bond donors (Lipinski definition) is 0. The molecule has 0 aliphatic rings. The average Bonchev–Trinajstić information content (AvgIpc) is 3.04. The number of carbonyl (C=O) groups is 1. The second-order valence-electron chi connectivity index (χ2n) is 7.43. The van der Waals surface area contributed by atoms with Crippen molar-refractivity contribution in [3.05, 3.63) is 52.2 Å². The van der Waals surface area contributed by atoms with Crippen molar-refractivity contribution in [1.82, 2.24) is 0 Å². The Labute approximate surface area is 167 Å². The van der Waals surface area contributed by atoms with E-state index in [-0.39, 0.29) is 12.4 Å². The SMILES string of the molecule is Cc1ccc(S(=O)[C@](C)(Cl)[C@H](CC(=O)OC(C)(C)C)c2cccs2)cc1. The monoisotopic (exact) mass is 412 g/mol. The van der Waals surface area contributed by atoms with E-state index in [0.717, 1.165) is 10.4 Å². The molecule has 0 fully saturated rings. The fourth-order valence-electron chi connectivity index (χ4n) is 2.60. The van der Waals surface area contributed by atoms with E-state index < -0.39 is 26.5 Å². The summed E-state index contributed by atoms with van der Waals surface area (Å²) in [5.41, 5.74) is 0.515. The largest absolute Gasteiger partial charge is 0.460 e. The predicted molar refractivity (Wildman–Crippen MR) is 109 cm³/mol. The van der Waals surface area contributed by atoms with Crippen LogP contribution in [0.3, 0.4) is 0 Å². The lowest BCUT2D eigenvalue weighted by Crippen LogP contribution is -2.35. The first kappa shape index (κ1) is 21.1. The quantitative estimate of drug-likeness (QED) is 0.455. The molecule has 1 aromatic carbocycles. The molecule has 0 aliphatic heterocycles. The minimum Gasteiger partial charge on any atom is -0.460 e. The molecule has 1 heterocycles. The van der Waals surface area contributed by atoms with Crippen LogP contribution in [0.5, 0.6) is 0 Å². The first-order valence-electron chi connectivity index (χ1n) is 8.43. The molecule has 2 aromatic rings. The van der Waals surface area contributed by atoms with E-state index in [1.165, 1.54) is 11.3 Å². The van der Waals surface area contributed by atoms with Gasteiger partial charge in [0.2, 0.25) is 0 Å². The van der Waals surface area contributed by atoms with E-state index in [9.17, 15) is 9.00 Å². The Bertz CT molecular complexity index is 759. The predicted octanol–water partition coefficient (Wildman–Crippen LogP) is 5.63. The van der Waals surface area contributed by atoms with Crippen LogP contribution in [0.15, 0.2) is 46.7 Å². The summed E-state index contributed by atoms with van der Waals surface area (Å²) in [6, 6.07) is 11.3. The summed E-state index contributed by atoms with van der Waals surface area (Å²) in [4.78, 5) is 14.0. The van der Waals surface area contributed by atoms with E-state index in [1.807, 2.05) is 69.5 Å². The third kappa shape index (κ3) is 5.41. The molecule has 0 saturated heterocycles. The summed E-state index contributed by atoms with van der Waals surface area (Å²) in [7, 11) is -1.49. The number of ether oxygens (including phenoxy) is 1. The number of halogens is 1. The highest BCUT2D eigenvalue weighted by atomic mass is 35.5. The van der Waals surface area contributed by atoms with Crippen LogP contribution in [0.1, 0.15) is 50.5 Å². The fraction of sp³-hybridized carbons (Fsp3) is 0.450. The first-order chi connectivity index (χ1) is 12.0. The Hall–Kier alpha value is -1.17. The molecule has 0 amide bonds. The molecular weight excluding hydrogens is 388 g/mol. The zero-order valence-corrected chi connectivity index (χ0v) is 18.1.